The second kappa shape index (κ2) is 4.00. The zero-order valence-corrected chi connectivity index (χ0v) is 9.05. The van der Waals surface area contributed by atoms with Crippen LogP contribution < -0.4 is 11.2 Å². The van der Waals surface area contributed by atoms with Gasteiger partial charge in [-0.15, -0.1) is 0 Å². The third-order valence-corrected chi connectivity index (χ3v) is 2.67. The normalized spacial score (nSPS) is 20.8. The van der Waals surface area contributed by atoms with Crippen LogP contribution in [0.4, 0.5) is 0 Å². The predicted octanol–water partition coefficient (Wildman–Crippen LogP) is -0.302. The van der Waals surface area contributed by atoms with Crippen LogP contribution in [0.1, 0.15) is 18.0 Å². The average molecular weight is 213 g/mol. The number of nitrogens with two attached hydrogens (primary N) is 1. The Kier molecular flexibility index (Phi) is 2.68. The van der Waals surface area contributed by atoms with Gasteiger partial charge in [0.1, 0.15) is 7.85 Å². The Bertz CT molecular complexity index is 458. The Morgan fingerprint density at radius 2 is 2.31 bits per heavy atom. The second-order valence-electron chi connectivity index (χ2n) is 3.83. The predicted molar refractivity (Wildman–Crippen MR) is 63.6 cm³/mol. The van der Waals surface area contributed by atoms with E-state index in [2.05, 4.69) is 4.99 Å². The van der Waals surface area contributed by atoms with Gasteiger partial charge in [0, 0.05) is 7.05 Å². The number of amides is 1. The maximum Gasteiger partial charge on any atom is 0.231 e. The highest BCUT2D eigenvalue weighted by molar-refractivity contribution is 6.32. The van der Waals surface area contributed by atoms with Gasteiger partial charge in [0.05, 0.1) is 12.5 Å². The van der Waals surface area contributed by atoms with Crippen LogP contribution in [0.5, 0.6) is 0 Å². The first kappa shape index (κ1) is 10.7. The maximum atomic E-state index is 11.6. The lowest BCUT2D eigenvalue weighted by molar-refractivity contribution is -0.127. The zero-order valence-electron chi connectivity index (χ0n) is 9.05. The summed E-state index contributed by atoms with van der Waals surface area (Å²) in [5, 5.41) is 0. The van der Waals surface area contributed by atoms with E-state index in [1.807, 2.05) is 18.2 Å². The zero-order chi connectivity index (χ0) is 11.7. The van der Waals surface area contributed by atoms with Crippen LogP contribution in [-0.4, -0.2) is 31.7 Å². The summed E-state index contributed by atoms with van der Waals surface area (Å²) < 4.78 is 0. The minimum absolute atomic E-state index is 0.0278. The van der Waals surface area contributed by atoms with Crippen molar-refractivity contribution in [2.45, 2.75) is 12.5 Å². The summed E-state index contributed by atoms with van der Waals surface area (Å²) in [5.41, 5.74) is 7.24. The molecule has 2 rings (SSSR count). The van der Waals surface area contributed by atoms with Crippen molar-refractivity contribution in [1.29, 1.82) is 0 Å². The lowest BCUT2D eigenvalue weighted by Gasteiger charge is -2.25. The minimum atomic E-state index is -0.216. The summed E-state index contributed by atoms with van der Waals surface area (Å²) >= 11 is 0. The SMILES string of the molecule is [B]c1cccc(C2CC(=O)N(C)C(N)=N2)c1. The first-order valence-electron chi connectivity index (χ1n) is 5.03. The molecule has 0 fully saturated rings. The third kappa shape index (κ3) is 1.93. The number of hydrogen-bond acceptors (Lipinski definition) is 3. The molecule has 1 unspecified atom stereocenters. The molecule has 80 valence electrons. The fourth-order valence-electron chi connectivity index (χ4n) is 1.68. The van der Waals surface area contributed by atoms with Gasteiger partial charge in [0.2, 0.25) is 5.91 Å². The summed E-state index contributed by atoms with van der Waals surface area (Å²) in [6, 6.07) is 7.15. The fourth-order valence-corrected chi connectivity index (χ4v) is 1.68. The van der Waals surface area contributed by atoms with E-state index in [1.54, 1.807) is 13.1 Å². The Labute approximate surface area is 95.6 Å². The number of guanidine groups is 1. The lowest BCUT2D eigenvalue weighted by atomic mass is 9.91. The van der Waals surface area contributed by atoms with Gasteiger partial charge in [-0.1, -0.05) is 29.7 Å². The molecule has 4 nitrogen and oxygen atoms in total. The van der Waals surface area contributed by atoms with Crippen LogP contribution in [-0.2, 0) is 4.79 Å². The fraction of sp³-hybridized carbons (Fsp3) is 0.273. The van der Waals surface area contributed by atoms with E-state index in [0.29, 0.717) is 11.9 Å². The van der Waals surface area contributed by atoms with E-state index < -0.39 is 0 Å². The largest absolute Gasteiger partial charge is 0.369 e. The summed E-state index contributed by atoms with van der Waals surface area (Å²) in [4.78, 5) is 17.2. The van der Waals surface area contributed by atoms with Crippen molar-refractivity contribution in [3.8, 4) is 0 Å². The molecule has 5 heteroatoms. The molecule has 1 atom stereocenters. The number of carbonyl (C=O) groups excluding carboxylic acids is 1. The van der Waals surface area contributed by atoms with Gasteiger partial charge in [-0.2, -0.15) is 0 Å². The number of nitrogens with zero attached hydrogens (tertiary/aromatic N) is 2. The molecule has 1 aliphatic rings. The molecule has 1 aromatic carbocycles. The molecule has 1 aromatic rings. The van der Waals surface area contributed by atoms with Crippen molar-refractivity contribution in [1.82, 2.24) is 4.90 Å². The van der Waals surface area contributed by atoms with Gasteiger partial charge in [-0.05, 0) is 5.56 Å². The Morgan fingerprint density at radius 3 is 2.94 bits per heavy atom. The van der Waals surface area contributed by atoms with Crippen LogP contribution >= 0.6 is 0 Å². The van der Waals surface area contributed by atoms with Gasteiger partial charge in [-0.3, -0.25) is 9.69 Å². The van der Waals surface area contributed by atoms with Crippen molar-refractivity contribution in [2.75, 3.05) is 7.05 Å². The van der Waals surface area contributed by atoms with E-state index >= 15 is 0 Å². The molecular formula is C11H12BN3O. The van der Waals surface area contributed by atoms with Crippen molar-refractivity contribution < 1.29 is 4.79 Å². The third-order valence-electron chi connectivity index (χ3n) is 2.67. The lowest BCUT2D eigenvalue weighted by Crippen LogP contribution is -2.42. The molecule has 16 heavy (non-hydrogen) atoms. The molecule has 0 aromatic heterocycles. The van der Waals surface area contributed by atoms with Crippen LogP contribution in [0.15, 0.2) is 29.3 Å². The van der Waals surface area contributed by atoms with Crippen molar-refractivity contribution in [3.05, 3.63) is 29.8 Å². The van der Waals surface area contributed by atoms with E-state index in [9.17, 15) is 4.79 Å². The monoisotopic (exact) mass is 213 g/mol. The molecule has 0 spiro atoms. The van der Waals surface area contributed by atoms with Gasteiger partial charge in [0.25, 0.3) is 0 Å². The maximum absolute atomic E-state index is 11.6. The van der Waals surface area contributed by atoms with E-state index in [-0.39, 0.29) is 17.9 Å². The number of hydrogen-bond donors (Lipinski definition) is 1. The molecule has 2 N–H and O–H groups in total. The Hall–Kier alpha value is -1.78. The summed E-state index contributed by atoms with van der Waals surface area (Å²) in [6.07, 6.45) is 0.334. The second-order valence-corrected chi connectivity index (χ2v) is 3.83. The molecule has 1 amide bonds. The molecule has 2 radical (unpaired) electrons. The van der Waals surface area contributed by atoms with Crippen molar-refractivity contribution in [3.63, 3.8) is 0 Å². The molecule has 0 bridgehead atoms. The molecular weight excluding hydrogens is 201 g/mol. The molecule has 0 aliphatic carbocycles. The standard InChI is InChI=1S/C11H12BN3O/c1-15-10(16)6-9(14-11(15)13)7-3-2-4-8(12)5-7/h2-5,9H,6H2,1H3,(H2,13,14). The van der Waals surface area contributed by atoms with E-state index in [0.717, 1.165) is 5.56 Å². The molecule has 1 aliphatic heterocycles. The first-order valence-corrected chi connectivity index (χ1v) is 5.03. The van der Waals surface area contributed by atoms with Gasteiger partial charge in [0.15, 0.2) is 5.96 Å². The number of aliphatic imine (C=N–C) groups is 1. The van der Waals surface area contributed by atoms with Gasteiger partial charge >= 0.3 is 0 Å². The number of benzene rings is 1. The number of carbonyl (C=O) groups is 1. The number of rotatable bonds is 1. The summed E-state index contributed by atoms with van der Waals surface area (Å²) in [6.45, 7) is 0. The Morgan fingerprint density at radius 1 is 1.56 bits per heavy atom. The van der Waals surface area contributed by atoms with Gasteiger partial charge < -0.3 is 5.73 Å². The molecule has 1 heterocycles. The van der Waals surface area contributed by atoms with E-state index in [4.69, 9.17) is 13.6 Å². The minimum Gasteiger partial charge on any atom is -0.369 e. The highest BCUT2D eigenvalue weighted by Crippen LogP contribution is 2.24. The highest BCUT2D eigenvalue weighted by atomic mass is 16.2. The summed E-state index contributed by atoms with van der Waals surface area (Å²) in [5.74, 6) is 0.226. The van der Waals surface area contributed by atoms with Crippen LogP contribution in [0.3, 0.4) is 0 Å². The topological polar surface area (TPSA) is 58.7 Å². The average Bonchev–Trinajstić information content (AvgIpc) is 2.25. The summed E-state index contributed by atoms with van der Waals surface area (Å²) in [7, 11) is 7.31. The van der Waals surface area contributed by atoms with Crippen LogP contribution in [0.25, 0.3) is 0 Å². The smallest absolute Gasteiger partial charge is 0.231 e. The quantitative estimate of drug-likeness (QED) is 0.651. The van der Waals surface area contributed by atoms with Gasteiger partial charge in [-0.25, -0.2) is 4.99 Å². The van der Waals surface area contributed by atoms with E-state index in [1.165, 1.54) is 4.90 Å². The molecule has 0 saturated heterocycles. The Balaban J connectivity index is 2.33. The van der Waals surface area contributed by atoms with Crippen LogP contribution in [0, 0.1) is 0 Å². The highest BCUT2D eigenvalue weighted by Gasteiger charge is 2.25. The first-order chi connectivity index (χ1) is 7.58. The van der Waals surface area contributed by atoms with Crippen molar-refractivity contribution in [2.24, 2.45) is 10.7 Å². The van der Waals surface area contributed by atoms with Crippen LogP contribution in [0.2, 0.25) is 0 Å². The molecule has 0 saturated carbocycles. The van der Waals surface area contributed by atoms with Crippen molar-refractivity contribution >= 4 is 25.2 Å².